The quantitative estimate of drug-likeness (QED) is 0.818. The Morgan fingerprint density at radius 1 is 1.15 bits per heavy atom. The number of nitrogens with zero attached hydrogens (tertiary/aromatic N) is 2. The van der Waals surface area contributed by atoms with Gasteiger partial charge in [-0.1, -0.05) is 32.0 Å². The number of benzene rings is 1. The number of para-hydroxylation sites is 1. The van der Waals surface area contributed by atoms with Gasteiger partial charge in [0.15, 0.2) is 0 Å². The van der Waals surface area contributed by atoms with Crippen molar-refractivity contribution in [3.63, 3.8) is 0 Å². The van der Waals surface area contributed by atoms with Crippen molar-refractivity contribution in [2.45, 2.75) is 26.7 Å². The van der Waals surface area contributed by atoms with Gasteiger partial charge >= 0.3 is 0 Å². The molecule has 4 nitrogen and oxygen atoms in total. The number of aryl methyl sites for hydroxylation is 1. The van der Waals surface area contributed by atoms with Crippen molar-refractivity contribution in [1.29, 1.82) is 0 Å². The molecule has 20 heavy (non-hydrogen) atoms. The van der Waals surface area contributed by atoms with Gasteiger partial charge in [-0.15, -0.1) is 0 Å². The summed E-state index contributed by atoms with van der Waals surface area (Å²) in [6.07, 6.45) is 0. The van der Waals surface area contributed by atoms with Crippen LogP contribution in [0.25, 0.3) is 0 Å². The Kier molecular flexibility index (Phi) is 4.93. The first-order valence-electron chi connectivity index (χ1n) is 6.92. The first-order valence-corrected chi connectivity index (χ1v) is 6.92. The SMILES string of the molecule is Cc1cc(NCCOc2ccccc2)nc(C(C)C)n1. The smallest absolute Gasteiger partial charge is 0.133 e. The van der Waals surface area contributed by atoms with Gasteiger partial charge in [-0.2, -0.15) is 0 Å². The second-order valence-electron chi connectivity index (χ2n) is 5.00. The van der Waals surface area contributed by atoms with Crippen LogP contribution in [0.5, 0.6) is 5.75 Å². The minimum absolute atomic E-state index is 0.330. The lowest BCUT2D eigenvalue weighted by Crippen LogP contribution is -2.13. The molecule has 1 N–H and O–H groups in total. The summed E-state index contributed by atoms with van der Waals surface area (Å²) in [5.41, 5.74) is 0.982. The van der Waals surface area contributed by atoms with Gasteiger partial charge in [-0.3, -0.25) is 0 Å². The number of hydrogen-bond acceptors (Lipinski definition) is 4. The van der Waals surface area contributed by atoms with Crippen molar-refractivity contribution in [2.75, 3.05) is 18.5 Å². The standard InChI is InChI=1S/C16H21N3O/c1-12(2)16-18-13(3)11-15(19-16)17-9-10-20-14-7-5-4-6-8-14/h4-8,11-12H,9-10H2,1-3H3,(H,17,18,19). The van der Waals surface area contributed by atoms with Crippen LogP contribution < -0.4 is 10.1 Å². The fourth-order valence-corrected chi connectivity index (χ4v) is 1.80. The average molecular weight is 271 g/mol. The van der Waals surface area contributed by atoms with Crippen LogP contribution in [0.2, 0.25) is 0 Å². The lowest BCUT2D eigenvalue weighted by Gasteiger charge is -2.11. The van der Waals surface area contributed by atoms with Gasteiger partial charge in [0.1, 0.15) is 24.0 Å². The van der Waals surface area contributed by atoms with E-state index in [-0.39, 0.29) is 0 Å². The highest BCUT2D eigenvalue weighted by molar-refractivity contribution is 5.36. The highest BCUT2D eigenvalue weighted by atomic mass is 16.5. The van der Waals surface area contributed by atoms with E-state index < -0.39 is 0 Å². The van der Waals surface area contributed by atoms with Gasteiger partial charge < -0.3 is 10.1 Å². The van der Waals surface area contributed by atoms with Crippen molar-refractivity contribution in [1.82, 2.24) is 9.97 Å². The minimum atomic E-state index is 0.330. The van der Waals surface area contributed by atoms with Crippen molar-refractivity contribution < 1.29 is 4.74 Å². The fourth-order valence-electron chi connectivity index (χ4n) is 1.80. The molecule has 4 heteroatoms. The second-order valence-corrected chi connectivity index (χ2v) is 5.00. The number of aromatic nitrogens is 2. The molecule has 0 atom stereocenters. The number of rotatable bonds is 6. The number of ether oxygens (including phenoxy) is 1. The van der Waals surface area contributed by atoms with Gasteiger partial charge in [0.25, 0.3) is 0 Å². The summed E-state index contributed by atoms with van der Waals surface area (Å²) in [6, 6.07) is 11.8. The van der Waals surface area contributed by atoms with Crippen molar-refractivity contribution in [3.8, 4) is 5.75 Å². The predicted octanol–water partition coefficient (Wildman–Crippen LogP) is 3.40. The molecule has 1 aromatic heterocycles. The highest BCUT2D eigenvalue weighted by Crippen LogP contribution is 2.13. The molecule has 0 amide bonds. The van der Waals surface area contributed by atoms with Crippen molar-refractivity contribution >= 4 is 5.82 Å². The summed E-state index contributed by atoms with van der Waals surface area (Å²) >= 11 is 0. The molecular weight excluding hydrogens is 250 g/mol. The third-order valence-corrected chi connectivity index (χ3v) is 2.81. The summed E-state index contributed by atoms with van der Waals surface area (Å²) in [5.74, 6) is 2.95. The summed E-state index contributed by atoms with van der Waals surface area (Å²) in [4.78, 5) is 8.93. The summed E-state index contributed by atoms with van der Waals surface area (Å²) < 4.78 is 5.63. The number of nitrogens with one attached hydrogen (secondary N) is 1. The highest BCUT2D eigenvalue weighted by Gasteiger charge is 2.05. The van der Waals surface area contributed by atoms with E-state index in [0.29, 0.717) is 19.1 Å². The van der Waals surface area contributed by atoms with Gasteiger partial charge in [-0.25, -0.2) is 9.97 Å². The van der Waals surface area contributed by atoms with E-state index in [2.05, 4.69) is 29.1 Å². The maximum atomic E-state index is 5.63. The normalized spacial score (nSPS) is 10.6. The van der Waals surface area contributed by atoms with E-state index in [1.54, 1.807) is 0 Å². The van der Waals surface area contributed by atoms with Gasteiger partial charge in [0.2, 0.25) is 0 Å². The van der Waals surface area contributed by atoms with Crippen LogP contribution in [0.4, 0.5) is 5.82 Å². The van der Waals surface area contributed by atoms with E-state index >= 15 is 0 Å². The van der Waals surface area contributed by atoms with Crippen LogP contribution in [0.1, 0.15) is 31.3 Å². The van der Waals surface area contributed by atoms with Crippen LogP contribution in [0.15, 0.2) is 36.4 Å². The largest absolute Gasteiger partial charge is 0.492 e. The maximum absolute atomic E-state index is 5.63. The van der Waals surface area contributed by atoms with E-state index in [0.717, 1.165) is 23.1 Å². The number of anilines is 1. The zero-order valence-electron chi connectivity index (χ0n) is 12.3. The Morgan fingerprint density at radius 3 is 2.60 bits per heavy atom. The molecule has 0 aliphatic carbocycles. The van der Waals surface area contributed by atoms with E-state index in [9.17, 15) is 0 Å². The first kappa shape index (κ1) is 14.3. The minimum Gasteiger partial charge on any atom is -0.492 e. The molecule has 0 saturated heterocycles. The first-order chi connectivity index (χ1) is 9.65. The molecule has 0 bridgehead atoms. The molecule has 0 aliphatic rings. The molecule has 0 unspecified atom stereocenters. The number of hydrogen-bond donors (Lipinski definition) is 1. The zero-order valence-corrected chi connectivity index (χ0v) is 12.3. The third kappa shape index (κ3) is 4.23. The van der Waals surface area contributed by atoms with Gasteiger partial charge in [-0.05, 0) is 19.1 Å². The molecule has 1 heterocycles. The monoisotopic (exact) mass is 271 g/mol. The van der Waals surface area contributed by atoms with Gasteiger partial charge in [0.05, 0.1) is 6.54 Å². The molecule has 2 aromatic rings. The molecule has 0 spiro atoms. The topological polar surface area (TPSA) is 47.0 Å². The maximum Gasteiger partial charge on any atom is 0.133 e. The summed E-state index contributed by atoms with van der Waals surface area (Å²) in [6.45, 7) is 7.49. The summed E-state index contributed by atoms with van der Waals surface area (Å²) in [5, 5.41) is 3.27. The molecule has 0 fully saturated rings. The van der Waals surface area contributed by atoms with Crippen LogP contribution in [-0.2, 0) is 0 Å². The fraction of sp³-hybridized carbons (Fsp3) is 0.375. The Balaban J connectivity index is 1.85. The molecule has 0 radical (unpaired) electrons. The molecule has 0 aliphatic heterocycles. The van der Waals surface area contributed by atoms with Crippen LogP contribution in [0, 0.1) is 6.92 Å². The Bertz CT molecular complexity index is 541. The van der Waals surface area contributed by atoms with Crippen LogP contribution >= 0.6 is 0 Å². The Hall–Kier alpha value is -2.10. The molecule has 0 saturated carbocycles. The molecular formula is C16H21N3O. The second kappa shape index (κ2) is 6.89. The van der Waals surface area contributed by atoms with Crippen molar-refractivity contribution in [2.24, 2.45) is 0 Å². The lowest BCUT2D eigenvalue weighted by molar-refractivity contribution is 0.332. The molecule has 1 aromatic carbocycles. The Labute approximate surface area is 120 Å². The van der Waals surface area contributed by atoms with Gasteiger partial charge in [0, 0.05) is 17.7 Å². The lowest BCUT2D eigenvalue weighted by atomic mass is 10.2. The van der Waals surface area contributed by atoms with Crippen molar-refractivity contribution in [3.05, 3.63) is 47.9 Å². The van der Waals surface area contributed by atoms with Crippen LogP contribution in [0.3, 0.4) is 0 Å². The van der Waals surface area contributed by atoms with E-state index in [4.69, 9.17) is 4.74 Å². The Morgan fingerprint density at radius 2 is 1.90 bits per heavy atom. The van der Waals surface area contributed by atoms with Crippen LogP contribution in [-0.4, -0.2) is 23.1 Å². The van der Waals surface area contributed by atoms with E-state index in [1.807, 2.05) is 43.3 Å². The predicted molar refractivity (Wildman–Crippen MR) is 81.3 cm³/mol. The zero-order chi connectivity index (χ0) is 14.4. The van der Waals surface area contributed by atoms with E-state index in [1.165, 1.54) is 0 Å². The third-order valence-electron chi connectivity index (χ3n) is 2.81. The summed E-state index contributed by atoms with van der Waals surface area (Å²) in [7, 11) is 0. The molecule has 2 rings (SSSR count). The molecule has 106 valence electrons. The average Bonchev–Trinajstić information content (AvgIpc) is 2.44.